The molecule has 1 aromatic carbocycles. The molecule has 1 saturated heterocycles. The molecule has 0 aliphatic carbocycles. The molecule has 0 amide bonds. The number of nitrogens with zero attached hydrogens (tertiary/aromatic N) is 4. The minimum atomic E-state index is 0.195. The number of likely N-dealkylation sites (N-methyl/N-ethyl adjacent to an activating group) is 2. The largest absolute Gasteiger partial charge is 0.318 e. The number of hydrogen-bond acceptors (Lipinski definition) is 4. The van der Waals surface area contributed by atoms with Gasteiger partial charge in [-0.2, -0.15) is 0 Å². The van der Waals surface area contributed by atoms with E-state index in [2.05, 4.69) is 34.2 Å². The molecule has 1 aliphatic heterocycles. The monoisotopic (exact) mass is 361 g/mol. The van der Waals surface area contributed by atoms with Crippen molar-refractivity contribution in [2.24, 2.45) is 7.05 Å². The van der Waals surface area contributed by atoms with Gasteiger partial charge < -0.3 is 14.8 Å². The predicted molar refractivity (Wildman–Crippen MR) is 104 cm³/mol. The third kappa shape index (κ3) is 3.90. The normalized spacial score (nSPS) is 17.8. The summed E-state index contributed by atoms with van der Waals surface area (Å²) < 4.78 is 2.00. The van der Waals surface area contributed by atoms with E-state index in [1.807, 2.05) is 36.9 Å². The van der Waals surface area contributed by atoms with Gasteiger partial charge in [0.15, 0.2) is 0 Å². The Morgan fingerprint density at radius 2 is 1.84 bits per heavy atom. The van der Waals surface area contributed by atoms with Crippen LogP contribution in [0.1, 0.15) is 18.7 Å². The second-order valence-electron chi connectivity index (χ2n) is 6.58. The van der Waals surface area contributed by atoms with Crippen molar-refractivity contribution < 1.29 is 0 Å². The summed E-state index contributed by atoms with van der Waals surface area (Å²) in [5.41, 5.74) is 2.07. The highest BCUT2D eigenvalue weighted by Crippen LogP contribution is 2.31. The summed E-state index contributed by atoms with van der Waals surface area (Å²) >= 11 is 6.71. The summed E-state index contributed by atoms with van der Waals surface area (Å²) in [4.78, 5) is 9.94. The van der Waals surface area contributed by atoms with Crippen molar-refractivity contribution in [3.8, 4) is 11.4 Å². The zero-order valence-corrected chi connectivity index (χ0v) is 16.1. The second kappa shape index (κ2) is 8.32. The van der Waals surface area contributed by atoms with Gasteiger partial charge in [-0.15, -0.1) is 0 Å². The number of imidazole rings is 1. The Labute approximate surface area is 155 Å². The van der Waals surface area contributed by atoms with Crippen LogP contribution in [0, 0.1) is 0 Å². The van der Waals surface area contributed by atoms with Gasteiger partial charge in [-0.25, -0.2) is 4.98 Å². The van der Waals surface area contributed by atoms with E-state index in [1.165, 1.54) is 0 Å². The molecule has 1 fully saturated rings. The third-order valence-corrected chi connectivity index (χ3v) is 5.54. The van der Waals surface area contributed by atoms with Crippen LogP contribution in [0.25, 0.3) is 11.4 Å². The first-order chi connectivity index (χ1) is 12.2. The van der Waals surface area contributed by atoms with Crippen LogP contribution in [0.4, 0.5) is 0 Å². The first-order valence-electron chi connectivity index (χ1n) is 9.04. The van der Waals surface area contributed by atoms with Crippen LogP contribution >= 0.6 is 11.6 Å². The maximum atomic E-state index is 6.71. The molecule has 0 spiro atoms. The Morgan fingerprint density at radius 1 is 1.16 bits per heavy atom. The lowest BCUT2D eigenvalue weighted by atomic mass is 10.1. The van der Waals surface area contributed by atoms with Gasteiger partial charge in [-0.05, 0) is 13.6 Å². The average molecular weight is 362 g/mol. The molecule has 6 heteroatoms. The molecule has 3 rings (SSSR count). The SMILES string of the molecule is CCN1CCN(C(CNC)c2nc(-c3ccccc3)n(C)c2Cl)CC1. The van der Waals surface area contributed by atoms with Crippen LogP contribution in [0.3, 0.4) is 0 Å². The highest BCUT2D eigenvalue weighted by atomic mass is 35.5. The Morgan fingerprint density at radius 3 is 2.44 bits per heavy atom. The van der Waals surface area contributed by atoms with Gasteiger partial charge in [-0.3, -0.25) is 4.90 Å². The van der Waals surface area contributed by atoms with Crippen molar-refractivity contribution in [1.82, 2.24) is 24.7 Å². The smallest absolute Gasteiger partial charge is 0.141 e. The van der Waals surface area contributed by atoms with E-state index in [0.29, 0.717) is 0 Å². The van der Waals surface area contributed by atoms with Crippen LogP contribution in [-0.4, -0.2) is 65.7 Å². The van der Waals surface area contributed by atoms with E-state index in [-0.39, 0.29) is 6.04 Å². The van der Waals surface area contributed by atoms with Crippen LogP contribution in [0.2, 0.25) is 5.15 Å². The van der Waals surface area contributed by atoms with E-state index in [4.69, 9.17) is 16.6 Å². The van der Waals surface area contributed by atoms with E-state index >= 15 is 0 Å². The summed E-state index contributed by atoms with van der Waals surface area (Å²) in [6.07, 6.45) is 0. The number of nitrogens with one attached hydrogen (secondary N) is 1. The molecule has 1 unspecified atom stereocenters. The van der Waals surface area contributed by atoms with Gasteiger partial charge in [0.1, 0.15) is 11.0 Å². The molecule has 0 saturated carbocycles. The average Bonchev–Trinajstić information content (AvgIpc) is 2.96. The first-order valence-corrected chi connectivity index (χ1v) is 9.42. The number of halogens is 1. The minimum absolute atomic E-state index is 0.195. The van der Waals surface area contributed by atoms with Crippen molar-refractivity contribution in [2.75, 3.05) is 46.3 Å². The Kier molecular flexibility index (Phi) is 6.12. The summed E-state index contributed by atoms with van der Waals surface area (Å²) in [6.45, 7) is 8.49. The molecule has 0 bridgehead atoms. The summed E-state index contributed by atoms with van der Waals surface area (Å²) in [7, 11) is 3.98. The lowest BCUT2D eigenvalue weighted by Crippen LogP contribution is -2.49. The predicted octanol–water partition coefficient (Wildman–Crippen LogP) is 2.64. The van der Waals surface area contributed by atoms with Gasteiger partial charge in [0.25, 0.3) is 0 Å². The highest BCUT2D eigenvalue weighted by Gasteiger charge is 2.29. The van der Waals surface area contributed by atoms with E-state index in [1.54, 1.807) is 0 Å². The molecule has 1 atom stereocenters. The van der Waals surface area contributed by atoms with Gasteiger partial charge in [0.05, 0.1) is 11.7 Å². The molecule has 1 N–H and O–H groups in total. The molecule has 136 valence electrons. The molecule has 0 radical (unpaired) electrons. The number of benzene rings is 1. The van der Waals surface area contributed by atoms with Gasteiger partial charge in [-0.1, -0.05) is 48.9 Å². The van der Waals surface area contributed by atoms with E-state index in [0.717, 1.165) is 61.5 Å². The summed E-state index contributed by atoms with van der Waals surface area (Å²) in [6, 6.07) is 10.4. The number of aromatic nitrogens is 2. The molecule has 5 nitrogen and oxygen atoms in total. The zero-order chi connectivity index (χ0) is 17.8. The van der Waals surface area contributed by atoms with Crippen LogP contribution in [0.15, 0.2) is 30.3 Å². The summed E-state index contributed by atoms with van der Waals surface area (Å²) in [5, 5.41) is 4.05. The molecular weight excluding hydrogens is 334 g/mol. The Hall–Kier alpha value is -1.40. The zero-order valence-electron chi connectivity index (χ0n) is 15.4. The number of hydrogen-bond donors (Lipinski definition) is 1. The Balaban J connectivity index is 1.89. The molecule has 2 aromatic rings. The first kappa shape index (κ1) is 18.4. The highest BCUT2D eigenvalue weighted by molar-refractivity contribution is 6.30. The fourth-order valence-electron chi connectivity index (χ4n) is 3.54. The van der Waals surface area contributed by atoms with Crippen molar-refractivity contribution in [3.63, 3.8) is 0 Å². The topological polar surface area (TPSA) is 36.3 Å². The lowest BCUT2D eigenvalue weighted by molar-refractivity contribution is 0.0976. The molecule has 25 heavy (non-hydrogen) atoms. The Bertz CT molecular complexity index is 677. The maximum Gasteiger partial charge on any atom is 0.141 e. The van der Waals surface area contributed by atoms with Crippen LogP contribution < -0.4 is 5.32 Å². The number of piperazine rings is 1. The van der Waals surface area contributed by atoms with Crippen molar-refractivity contribution in [1.29, 1.82) is 0 Å². The molecule has 1 aliphatic rings. The van der Waals surface area contributed by atoms with E-state index in [9.17, 15) is 0 Å². The number of rotatable bonds is 6. The molecule has 2 heterocycles. The standard InChI is InChI=1S/C19H28ClN5/c1-4-24-10-12-25(13-11-24)16(14-21-2)17-18(20)23(3)19(22-17)15-8-6-5-7-9-15/h5-9,16,21H,4,10-14H2,1-3H3. The van der Waals surface area contributed by atoms with Crippen LogP contribution in [0.5, 0.6) is 0 Å². The maximum absolute atomic E-state index is 6.71. The third-order valence-electron chi connectivity index (χ3n) is 5.09. The quantitative estimate of drug-likeness (QED) is 0.858. The summed E-state index contributed by atoms with van der Waals surface area (Å²) in [5.74, 6) is 0.925. The molecule has 1 aromatic heterocycles. The minimum Gasteiger partial charge on any atom is -0.318 e. The van der Waals surface area contributed by atoms with Gasteiger partial charge in [0.2, 0.25) is 0 Å². The fourth-order valence-corrected chi connectivity index (χ4v) is 3.79. The fraction of sp³-hybridized carbons (Fsp3) is 0.526. The lowest BCUT2D eigenvalue weighted by Gasteiger charge is -2.38. The molecular formula is C19H28ClN5. The van der Waals surface area contributed by atoms with Crippen LogP contribution in [-0.2, 0) is 7.05 Å². The van der Waals surface area contributed by atoms with Crippen molar-refractivity contribution >= 4 is 11.6 Å². The van der Waals surface area contributed by atoms with Crippen molar-refractivity contribution in [3.05, 3.63) is 41.2 Å². The van der Waals surface area contributed by atoms with Crippen molar-refractivity contribution in [2.45, 2.75) is 13.0 Å². The van der Waals surface area contributed by atoms with E-state index < -0.39 is 0 Å². The second-order valence-corrected chi connectivity index (χ2v) is 6.94. The van der Waals surface area contributed by atoms with Gasteiger partial charge in [0, 0.05) is 45.3 Å². The van der Waals surface area contributed by atoms with Gasteiger partial charge >= 0.3 is 0 Å².